The van der Waals surface area contributed by atoms with Gasteiger partial charge in [0.05, 0.1) is 7.11 Å². The van der Waals surface area contributed by atoms with Gasteiger partial charge in [0, 0.05) is 18.2 Å². The van der Waals surface area contributed by atoms with Crippen LogP contribution in [0, 0.1) is 5.82 Å². The van der Waals surface area contributed by atoms with E-state index in [2.05, 4.69) is 5.32 Å². The SMILES string of the molecule is COc1cccc(F)c1C(C)NCc1ccccc1. The zero-order valence-electron chi connectivity index (χ0n) is 11.2. The monoisotopic (exact) mass is 259 g/mol. The zero-order valence-corrected chi connectivity index (χ0v) is 11.2. The smallest absolute Gasteiger partial charge is 0.131 e. The van der Waals surface area contributed by atoms with Crippen molar-refractivity contribution in [1.29, 1.82) is 0 Å². The molecule has 0 aliphatic carbocycles. The van der Waals surface area contributed by atoms with Crippen molar-refractivity contribution in [3.8, 4) is 5.75 Å². The minimum Gasteiger partial charge on any atom is -0.496 e. The highest BCUT2D eigenvalue weighted by molar-refractivity contribution is 5.37. The van der Waals surface area contributed by atoms with E-state index in [0.717, 1.165) is 0 Å². The maximum atomic E-state index is 13.9. The molecule has 0 spiro atoms. The minimum atomic E-state index is -0.243. The number of hydrogen-bond acceptors (Lipinski definition) is 2. The molecule has 0 amide bonds. The number of halogens is 1. The second kappa shape index (κ2) is 6.34. The molecular weight excluding hydrogens is 241 g/mol. The van der Waals surface area contributed by atoms with Crippen molar-refractivity contribution < 1.29 is 9.13 Å². The van der Waals surface area contributed by atoms with Gasteiger partial charge in [0.2, 0.25) is 0 Å². The number of nitrogens with one attached hydrogen (secondary N) is 1. The first-order chi connectivity index (χ1) is 9.22. The topological polar surface area (TPSA) is 21.3 Å². The fraction of sp³-hybridized carbons (Fsp3) is 0.250. The molecule has 100 valence electrons. The van der Waals surface area contributed by atoms with E-state index in [1.165, 1.54) is 11.6 Å². The van der Waals surface area contributed by atoms with E-state index < -0.39 is 0 Å². The molecule has 0 aromatic heterocycles. The Kier molecular flexibility index (Phi) is 4.53. The van der Waals surface area contributed by atoms with E-state index in [9.17, 15) is 4.39 Å². The van der Waals surface area contributed by atoms with Crippen LogP contribution in [0.3, 0.4) is 0 Å². The summed E-state index contributed by atoms with van der Waals surface area (Å²) in [6.45, 7) is 2.63. The van der Waals surface area contributed by atoms with E-state index >= 15 is 0 Å². The van der Waals surface area contributed by atoms with Crippen LogP contribution < -0.4 is 10.1 Å². The van der Waals surface area contributed by atoms with Crippen LogP contribution in [-0.2, 0) is 6.54 Å². The third kappa shape index (κ3) is 3.32. The van der Waals surface area contributed by atoms with E-state index in [1.54, 1.807) is 19.2 Å². The number of ether oxygens (including phenoxy) is 1. The summed E-state index contributed by atoms with van der Waals surface area (Å²) in [5, 5.41) is 3.31. The van der Waals surface area contributed by atoms with Crippen molar-refractivity contribution in [2.75, 3.05) is 7.11 Å². The Hall–Kier alpha value is -1.87. The molecule has 3 heteroatoms. The van der Waals surface area contributed by atoms with Gasteiger partial charge in [-0.25, -0.2) is 4.39 Å². The lowest BCUT2D eigenvalue weighted by Gasteiger charge is -2.18. The van der Waals surface area contributed by atoms with E-state index in [4.69, 9.17) is 4.74 Å². The lowest BCUT2D eigenvalue weighted by molar-refractivity contribution is 0.393. The van der Waals surface area contributed by atoms with Gasteiger partial charge in [-0.05, 0) is 24.6 Å². The summed E-state index contributed by atoms with van der Waals surface area (Å²) in [5.41, 5.74) is 1.74. The third-order valence-corrected chi connectivity index (χ3v) is 3.12. The van der Waals surface area contributed by atoms with Gasteiger partial charge in [0.1, 0.15) is 11.6 Å². The predicted molar refractivity (Wildman–Crippen MR) is 74.6 cm³/mol. The molecule has 0 radical (unpaired) electrons. The van der Waals surface area contributed by atoms with Gasteiger partial charge in [-0.15, -0.1) is 0 Å². The fourth-order valence-electron chi connectivity index (χ4n) is 2.08. The Morgan fingerprint density at radius 1 is 1.11 bits per heavy atom. The van der Waals surface area contributed by atoms with Crippen LogP contribution in [0.5, 0.6) is 5.75 Å². The molecule has 2 aromatic carbocycles. The number of methoxy groups -OCH3 is 1. The maximum absolute atomic E-state index is 13.9. The first kappa shape index (κ1) is 13.6. The molecule has 0 aliphatic rings. The third-order valence-electron chi connectivity index (χ3n) is 3.12. The molecule has 0 aliphatic heterocycles. The molecule has 19 heavy (non-hydrogen) atoms. The van der Waals surface area contributed by atoms with Gasteiger partial charge in [-0.3, -0.25) is 0 Å². The average Bonchev–Trinajstić information content (AvgIpc) is 2.45. The van der Waals surface area contributed by atoms with E-state index in [0.29, 0.717) is 17.9 Å². The van der Waals surface area contributed by atoms with Crippen LogP contribution in [0.1, 0.15) is 24.1 Å². The molecular formula is C16H18FNO. The average molecular weight is 259 g/mol. The van der Waals surface area contributed by atoms with Gasteiger partial charge in [-0.2, -0.15) is 0 Å². The second-order valence-corrected chi connectivity index (χ2v) is 4.44. The molecule has 2 nitrogen and oxygen atoms in total. The van der Waals surface area contributed by atoms with Gasteiger partial charge >= 0.3 is 0 Å². The quantitative estimate of drug-likeness (QED) is 0.884. The van der Waals surface area contributed by atoms with Crippen LogP contribution in [0.25, 0.3) is 0 Å². The number of benzene rings is 2. The van der Waals surface area contributed by atoms with Crippen LogP contribution in [0.4, 0.5) is 4.39 Å². The second-order valence-electron chi connectivity index (χ2n) is 4.44. The largest absolute Gasteiger partial charge is 0.496 e. The molecule has 1 unspecified atom stereocenters. The summed E-state index contributed by atoms with van der Waals surface area (Å²) < 4.78 is 19.1. The lowest BCUT2D eigenvalue weighted by Crippen LogP contribution is -2.19. The summed E-state index contributed by atoms with van der Waals surface area (Å²) >= 11 is 0. The molecule has 0 fully saturated rings. The van der Waals surface area contributed by atoms with Crippen molar-refractivity contribution in [2.45, 2.75) is 19.5 Å². The van der Waals surface area contributed by atoms with E-state index in [1.807, 2.05) is 37.3 Å². The molecule has 2 rings (SSSR count). The van der Waals surface area contributed by atoms with Crippen LogP contribution in [-0.4, -0.2) is 7.11 Å². The molecule has 0 saturated heterocycles. The highest BCUT2D eigenvalue weighted by Crippen LogP contribution is 2.27. The van der Waals surface area contributed by atoms with Gasteiger partial charge < -0.3 is 10.1 Å². The molecule has 1 atom stereocenters. The van der Waals surface area contributed by atoms with E-state index in [-0.39, 0.29) is 11.9 Å². The minimum absolute atomic E-state index is 0.114. The fourth-order valence-corrected chi connectivity index (χ4v) is 2.08. The predicted octanol–water partition coefficient (Wildman–Crippen LogP) is 3.69. The molecule has 1 N–H and O–H groups in total. The maximum Gasteiger partial charge on any atom is 0.131 e. The van der Waals surface area contributed by atoms with Crippen molar-refractivity contribution in [3.05, 3.63) is 65.5 Å². The summed E-state index contributed by atoms with van der Waals surface area (Å²) in [4.78, 5) is 0. The number of hydrogen-bond donors (Lipinski definition) is 1. The van der Waals surface area contributed by atoms with Crippen molar-refractivity contribution in [3.63, 3.8) is 0 Å². The van der Waals surface area contributed by atoms with Gasteiger partial charge in [-0.1, -0.05) is 36.4 Å². The Bertz CT molecular complexity index is 528. The molecule has 0 heterocycles. The standard InChI is InChI=1S/C16H18FNO/c1-12(18-11-13-7-4-3-5-8-13)16-14(17)9-6-10-15(16)19-2/h3-10,12,18H,11H2,1-2H3. The van der Waals surface area contributed by atoms with Gasteiger partial charge in [0.25, 0.3) is 0 Å². The van der Waals surface area contributed by atoms with Crippen molar-refractivity contribution >= 4 is 0 Å². The zero-order chi connectivity index (χ0) is 13.7. The van der Waals surface area contributed by atoms with Crippen molar-refractivity contribution in [1.82, 2.24) is 5.32 Å². The Balaban J connectivity index is 2.10. The van der Waals surface area contributed by atoms with Crippen LogP contribution in [0.2, 0.25) is 0 Å². The lowest BCUT2D eigenvalue weighted by atomic mass is 10.1. The van der Waals surface area contributed by atoms with Crippen molar-refractivity contribution in [2.24, 2.45) is 0 Å². The normalized spacial score (nSPS) is 12.2. The number of rotatable bonds is 5. The summed E-state index contributed by atoms with van der Waals surface area (Å²) in [5.74, 6) is 0.334. The van der Waals surface area contributed by atoms with Gasteiger partial charge in [0.15, 0.2) is 0 Å². The molecule has 2 aromatic rings. The Morgan fingerprint density at radius 3 is 2.53 bits per heavy atom. The Morgan fingerprint density at radius 2 is 1.84 bits per heavy atom. The first-order valence-electron chi connectivity index (χ1n) is 6.32. The molecule has 0 saturated carbocycles. The van der Waals surface area contributed by atoms with Crippen LogP contribution >= 0.6 is 0 Å². The Labute approximate surface area is 113 Å². The summed E-state index contributed by atoms with van der Waals surface area (Å²) in [6, 6.07) is 14.8. The first-order valence-corrected chi connectivity index (χ1v) is 6.32. The highest BCUT2D eigenvalue weighted by Gasteiger charge is 2.15. The summed E-state index contributed by atoms with van der Waals surface area (Å²) in [6.07, 6.45) is 0. The molecule has 0 bridgehead atoms. The van der Waals surface area contributed by atoms with Crippen LogP contribution in [0.15, 0.2) is 48.5 Å². The highest BCUT2D eigenvalue weighted by atomic mass is 19.1. The summed E-state index contributed by atoms with van der Waals surface area (Å²) in [7, 11) is 1.56.